The van der Waals surface area contributed by atoms with E-state index in [2.05, 4.69) is 22.2 Å². The van der Waals surface area contributed by atoms with Gasteiger partial charge in [0.1, 0.15) is 5.82 Å². The summed E-state index contributed by atoms with van der Waals surface area (Å²) in [6, 6.07) is 1.93. The summed E-state index contributed by atoms with van der Waals surface area (Å²) in [4.78, 5) is 16.8. The van der Waals surface area contributed by atoms with E-state index in [-0.39, 0.29) is 6.03 Å². The lowest BCUT2D eigenvalue weighted by molar-refractivity contribution is 0.0314. The molecule has 1 N–H and O–H groups in total. The minimum Gasteiger partial charge on any atom is -0.379 e. The largest absolute Gasteiger partial charge is 0.379 e. The summed E-state index contributed by atoms with van der Waals surface area (Å²) in [5.74, 6) is 1.33. The van der Waals surface area contributed by atoms with E-state index in [1.807, 2.05) is 18.0 Å². The Kier molecular flexibility index (Phi) is 5.17. The molecular weight excluding hydrogens is 294 g/mol. The van der Waals surface area contributed by atoms with Gasteiger partial charge in [-0.25, -0.2) is 4.79 Å². The topological polar surface area (TPSA) is 62.6 Å². The minimum atomic E-state index is -0.0138. The van der Waals surface area contributed by atoms with Crippen molar-refractivity contribution in [2.45, 2.75) is 19.8 Å². The highest BCUT2D eigenvalue weighted by molar-refractivity contribution is 5.88. The molecule has 1 aromatic heterocycles. The van der Waals surface area contributed by atoms with Crippen LogP contribution in [-0.4, -0.2) is 71.5 Å². The second kappa shape index (κ2) is 7.31. The van der Waals surface area contributed by atoms with Crippen LogP contribution in [0.4, 0.5) is 10.6 Å². The molecule has 2 aliphatic rings. The highest BCUT2D eigenvalue weighted by Crippen LogP contribution is 2.19. The van der Waals surface area contributed by atoms with Crippen LogP contribution in [0.15, 0.2) is 6.07 Å². The third-order valence-corrected chi connectivity index (χ3v) is 4.72. The minimum absolute atomic E-state index is 0.0138. The molecule has 1 aromatic rings. The number of likely N-dealkylation sites (tertiary alicyclic amines) is 1. The Morgan fingerprint density at radius 2 is 2.17 bits per heavy atom. The fourth-order valence-electron chi connectivity index (χ4n) is 3.32. The molecule has 0 radical (unpaired) electrons. The van der Waals surface area contributed by atoms with Crippen molar-refractivity contribution < 1.29 is 9.53 Å². The Hall–Kier alpha value is -1.60. The van der Waals surface area contributed by atoms with Crippen molar-refractivity contribution in [3.63, 3.8) is 0 Å². The molecule has 2 fully saturated rings. The van der Waals surface area contributed by atoms with E-state index in [1.54, 1.807) is 4.68 Å². The summed E-state index contributed by atoms with van der Waals surface area (Å²) in [5.41, 5.74) is 0.995. The van der Waals surface area contributed by atoms with Gasteiger partial charge >= 0.3 is 6.03 Å². The second-order valence-electron chi connectivity index (χ2n) is 6.44. The van der Waals surface area contributed by atoms with Gasteiger partial charge in [0, 0.05) is 45.8 Å². The zero-order valence-electron chi connectivity index (χ0n) is 14.1. The van der Waals surface area contributed by atoms with Gasteiger partial charge in [-0.15, -0.1) is 0 Å². The SMILES string of the molecule is CCc1cc(NC(=O)N2CC[C@H](CN3CCOCC3)C2)n(C)n1. The van der Waals surface area contributed by atoms with Crippen LogP contribution < -0.4 is 5.32 Å². The first-order valence-electron chi connectivity index (χ1n) is 8.54. The number of morpholine rings is 1. The van der Waals surface area contributed by atoms with E-state index in [4.69, 9.17) is 4.74 Å². The average molecular weight is 321 g/mol. The fraction of sp³-hybridized carbons (Fsp3) is 0.750. The van der Waals surface area contributed by atoms with E-state index >= 15 is 0 Å². The number of hydrogen-bond acceptors (Lipinski definition) is 4. The van der Waals surface area contributed by atoms with Crippen LogP contribution in [0.2, 0.25) is 0 Å². The number of aromatic nitrogens is 2. The molecule has 2 aliphatic heterocycles. The molecule has 0 bridgehead atoms. The van der Waals surface area contributed by atoms with Crippen molar-refractivity contribution in [2.75, 3.05) is 51.3 Å². The molecule has 128 valence electrons. The van der Waals surface area contributed by atoms with Crippen LogP contribution in [0.5, 0.6) is 0 Å². The summed E-state index contributed by atoms with van der Waals surface area (Å²) >= 11 is 0. The van der Waals surface area contributed by atoms with Gasteiger partial charge in [-0.1, -0.05) is 6.92 Å². The number of hydrogen-bond donors (Lipinski definition) is 1. The van der Waals surface area contributed by atoms with Crippen LogP contribution in [0.1, 0.15) is 19.0 Å². The van der Waals surface area contributed by atoms with E-state index in [0.29, 0.717) is 5.92 Å². The molecular formula is C16H27N5O2. The maximum atomic E-state index is 12.4. The molecule has 0 unspecified atom stereocenters. The molecule has 23 heavy (non-hydrogen) atoms. The van der Waals surface area contributed by atoms with Crippen LogP contribution in [-0.2, 0) is 18.2 Å². The summed E-state index contributed by atoms with van der Waals surface area (Å²) in [6.07, 6.45) is 1.95. The van der Waals surface area contributed by atoms with Gasteiger partial charge in [0.2, 0.25) is 0 Å². The van der Waals surface area contributed by atoms with Gasteiger partial charge in [0.25, 0.3) is 0 Å². The normalized spacial score (nSPS) is 22.5. The number of ether oxygens (including phenoxy) is 1. The lowest BCUT2D eigenvalue weighted by Crippen LogP contribution is -2.40. The van der Waals surface area contributed by atoms with Crippen molar-refractivity contribution in [1.82, 2.24) is 19.6 Å². The highest BCUT2D eigenvalue weighted by Gasteiger charge is 2.28. The molecule has 0 spiro atoms. The molecule has 0 aromatic carbocycles. The number of carbonyl (C=O) groups excluding carboxylic acids is 1. The molecule has 0 saturated carbocycles. The number of nitrogens with zero attached hydrogens (tertiary/aromatic N) is 4. The molecule has 0 aliphatic carbocycles. The van der Waals surface area contributed by atoms with Crippen LogP contribution in [0, 0.1) is 5.92 Å². The molecule has 7 nitrogen and oxygen atoms in total. The molecule has 2 saturated heterocycles. The second-order valence-corrected chi connectivity index (χ2v) is 6.44. The van der Waals surface area contributed by atoms with Crippen LogP contribution >= 0.6 is 0 Å². The van der Waals surface area contributed by atoms with Crippen LogP contribution in [0.25, 0.3) is 0 Å². The standard InChI is InChI=1S/C16H27N5O2/c1-3-14-10-15(19(2)18-14)17-16(22)21-5-4-13(12-21)11-20-6-8-23-9-7-20/h10,13H,3-9,11-12H2,1-2H3,(H,17,22)/t13-/m1/s1. The number of nitrogens with one attached hydrogen (secondary N) is 1. The predicted molar refractivity (Wildman–Crippen MR) is 88.5 cm³/mol. The number of carbonyl (C=O) groups is 1. The molecule has 3 rings (SSSR count). The lowest BCUT2D eigenvalue weighted by Gasteiger charge is -2.29. The quantitative estimate of drug-likeness (QED) is 0.904. The smallest absolute Gasteiger partial charge is 0.323 e. The first-order chi connectivity index (χ1) is 11.2. The summed E-state index contributed by atoms with van der Waals surface area (Å²) in [6.45, 7) is 8.48. The molecule has 7 heteroatoms. The third kappa shape index (κ3) is 4.03. The monoisotopic (exact) mass is 321 g/mol. The Bertz CT molecular complexity index is 539. The highest BCUT2D eigenvalue weighted by atomic mass is 16.5. The summed E-state index contributed by atoms with van der Waals surface area (Å²) in [7, 11) is 1.86. The van der Waals surface area contributed by atoms with Crippen molar-refractivity contribution in [3.8, 4) is 0 Å². The lowest BCUT2D eigenvalue weighted by atomic mass is 10.1. The first-order valence-corrected chi connectivity index (χ1v) is 8.54. The summed E-state index contributed by atoms with van der Waals surface area (Å²) in [5, 5.41) is 7.35. The number of anilines is 1. The zero-order chi connectivity index (χ0) is 16.2. The van der Waals surface area contributed by atoms with Gasteiger partial charge in [-0.05, 0) is 18.8 Å². The summed E-state index contributed by atoms with van der Waals surface area (Å²) < 4.78 is 7.12. The van der Waals surface area contributed by atoms with Crippen molar-refractivity contribution >= 4 is 11.8 Å². The fourth-order valence-corrected chi connectivity index (χ4v) is 3.32. The number of aryl methyl sites for hydroxylation is 2. The zero-order valence-corrected chi connectivity index (χ0v) is 14.1. The van der Waals surface area contributed by atoms with Gasteiger partial charge < -0.3 is 9.64 Å². The molecule has 1 atom stereocenters. The third-order valence-electron chi connectivity index (χ3n) is 4.72. The van der Waals surface area contributed by atoms with Crippen LogP contribution in [0.3, 0.4) is 0 Å². The van der Waals surface area contributed by atoms with Crippen molar-refractivity contribution in [2.24, 2.45) is 13.0 Å². The molecule has 2 amide bonds. The van der Waals surface area contributed by atoms with E-state index in [0.717, 1.165) is 70.3 Å². The maximum absolute atomic E-state index is 12.4. The first kappa shape index (κ1) is 16.3. The van der Waals surface area contributed by atoms with Gasteiger partial charge in [0.15, 0.2) is 0 Å². The van der Waals surface area contributed by atoms with E-state index in [1.165, 1.54) is 0 Å². The van der Waals surface area contributed by atoms with E-state index < -0.39 is 0 Å². The Labute approximate surface area is 137 Å². The van der Waals surface area contributed by atoms with Gasteiger partial charge in [-0.2, -0.15) is 5.10 Å². The number of rotatable bonds is 4. The van der Waals surface area contributed by atoms with Gasteiger partial charge in [0.05, 0.1) is 18.9 Å². The average Bonchev–Trinajstić information content (AvgIpc) is 3.15. The Morgan fingerprint density at radius 1 is 1.39 bits per heavy atom. The number of amides is 2. The molecule has 3 heterocycles. The van der Waals surface area contributed by atoms with Gasteiger partial charge in [-0.3, -0.25) is 14.9 Å². The van der Waals surface area contributed by atoms with Crippen molar-refractivity contribution in [1.29, 1.82) is 0 Å². The Balaban J connectivity index is 1.49. The van der Waals surface area contributed by atoms with E-state index in [9.17, 15) is 4.79 Å². The Morgan fingerprint density at radius 3 is 2.87 bits per heavy atom. The number of urea groups is 1. The predicted octanol–water partition coefficient (Wildman–Crippen LogP) is 1.17. The maximum Gasteiger partial charge on any atom is 0.323 e. The van der Waals surface area contributed by atoms with Crippen molar-refractivity contribution in [3.05, 3.63) is 11.8 Å².